The van der Waals surface area contributed by atoms with Crippen molar-refractivity contribution >= 4 is 30.5 Å². The first-order valence-corrected chi connectivity index (χ1v) is 13.2. The lowest BCUT2D eigenvalue weighted by molar-refractivity contribution is -0.132. The van der Waals surface area contributed by atoms with Gasteiger partial charge in [-0.2, -0.15) is 0 Å². The molecule has 0 aromatic heterocycles. The van der Waals surface area contributed by atoms with Crippen LogP contribution in [0, 0.1) is 0 Å². The van der Waals surface area contributed by atoms with E-state index >= 15 is 0 Å². The van der Waals surface area contributed by atoms with Gasteiger partial charge in [-0.25, -0.2) is 0 Å². The normalized spacial score (nSPS) is 21.1. The molecule has 0 bridgehead atoms. The minimum absolute atomic E-state index is 0.0239. The Labute approximate surface area is 217 Å². The zero-order chi connectivity index (χ0) is 26.5. The fraction of sp³-hybridized carbons (Fsp3) is 0.760. The number of carbonyl (C=O) groups excluding carboxylic acids is 2. The third kappa shape index (κ3) is 10.6. The third-order valence-electron chi connectivity index (χ3n) is 6.64. The SMILES string of the molecule is CC(=O)N1CCOCC1.CC1(C)OB(C(CCCC2=CCCC=C2)NC(=O)CN)OC1(C)C.CCl. The van der Waals surface area contributed by atoms with Crippen molar-refractivity contribution in [1.82, 2.24) is 10.2 Å². The van der Waals surface area contributed by atoms with Crippen LogP contribution in [-0.4, -0.2) is 80.2 Å². The summed E-state index contributed by atoms with van der Waals surface area (Å²) in [6.07, 6.45) is 13.2. The van der Waals surface area contributed by atoms with Gasteiger partial charge in [-0.3, -0.25) is 9.59 Å². The molecule has 2 fully saturated rings. The molecule has 2 amide bonds. The average Bonchev–Trinajstić information content (AvgIpc) is 3.07. The number of halogens is 1. The second kappa shape index (κ2) is 15.7. The molecule has 1 aliphatic carbocycles. The Morgan fingerprint density at radius 3 is 2.20 bits per heavy atom. The summed E-state index contributed by atoms with van der Waals surface area (Å²) in [5.41, 5.74) is 6.02. The Kier molecular flexibility index (Phi) is 14.2. The molecule has 2 saturated heterocycles. The van der Waals surface area contributed by atoms with Crippen LogP contribution in [0.1, 0.15) is 66.7 Å². The van der Waals surface area contributed by atoms with Crippen LogP contribution in [0.2, 0.25) is 0 Å². The maximum Gasteiger partial charge on any atom is 0.481 e. The summed E-state index contributed by atoms with van der Waals surface area (Å²) in [4.78, 5) is 24.3. The molecule has 2 aliphatic heterocycles. The first kappa shape index (κ1) is 31.6. The van der Waals surface area contributed by atoms with Crippen LogP contribution in [0.3, 0.4) is 0 Å². The molecule has 0 aromatic rings. The van der Waals surface area contributed by atoms with E-state index in [1.807, 2.05) is 27.7 Å². The number of alkyl halides is 1. The highest BCUT2D eigenvalue weighted by molar-refractivity contribution is 6.48. The molecule has 10 heteroatoms. The van der Waals surface area contributed by atoms with Crippen molar-refractivity contribution in [2.45, 2.75) is 83.9 Å². The number of amides is 2. The van der Waals surface area contributed by atoms with Crippen molar-refractivity contribution in [3.63, 3.8) is 0 Å². The molecule has 1 atom stereocenters. The van der Waals surface area contributed by atoms with Crippen molar-refractivity contribution < 1.29 is 23.6 Å². The van der Waals surface area contributed by atoms with E-state index in [1.165, 1.54) is 12.0 Å². The summed E-state index contributed by atoms with van der Waals surface area (Å²) in [5, 5.41) is 2.97. The molecule has 1 unspecified atom stereocenters. The largest absolute Gasteiger partial charge is 0.481 e. The van der Waals surface area contributed by atoms with Gasteiger partial charge in [0.1, 0.15) is 0 Å². The molecule has 3 aliphatic rings. The van der Waals surface area contributed by atoms with Gasteiger partial charge in [0.15, 0.2) is 0 Å². The number of nitrogens with two attached hydrogens (primary N) is 1. The van der Waals surface area contributed by atoms with Gasteiger partial charge in [0.25, 0.3) is 0 Å². The van der Waals surface area contributed by atoms with Gasteiger partial charge in [0, 0.05) is 26.4 Å². The maximum absolute atomic E-state index is 11.8. The standard InChI is InChI=1S/C18H31BN2O3.C6H11NO2.CH3Cl/c1-17(2)18(3,4)24-19(23-17)15(21-16(22)13-20)12-8-11-14-9-6-5-7-10-14;1-6(8)7-2-4-9-5-3-7;1-2/h6,9-10,15H,5,7-8,11-13,20H2,1-4H3,(H,21,22);2-5H2,1H3;1H3. The smallest absolute Gasteiger partial charge is 0.402 e. The summed E-state index contributed by atoms with van der Waals surface area (Å²) < 4.78 is 17.3. The first-order valence-electron chi connectivity index (χ1n) is 12.5. The monoisotopic (exact) mass is 513 g/mol. The van der Waals surface area contributed by atoms with Crippen LogP contribution in [0.25, 0.3) is 0 Å². The van der Waals surface area contributed by atoms with Crippen molar-refractivity contribution in [2.75, 3.05) is 39.2 Å². The zero-order valence-electron chi connectivity index (χ0n) is 22.4. The van der Waals surface area contributed by atoms with E-state index in [0.717, 1.165) is 45.2 Å². The van der Waals surface area contributed by atoms with E-state index in [0.29, 0.717) is 13.2 Å². The lowest BCUT2D eigenvalue weighted by atomic mass is 9.75. The summed E-state index contributed by atoms with van der Waals surface area (Å²) in [6.45, 7) is 12.6. The predicted octanol–water partition coefficient (Wildman–Crippen LogP) is 3.23. The number of rotatable bonds is 7. The summed E-state index contributed by atoms with van der Waals surface area (Å²) >= 11 is 4.64. The van der Waals surface area contributed by atoms with E-state index in [2.05, 4.69) is 35.1 Å². The third-order valence-corrected chi connectivity index (χ3v) is 6.64. The highest BCUT2D eigenvalue weighted by Crippen LogP contribution is 2.38. The maximum atomic E-state index is 11.8. The van der Waals surface area contributed by atoms with Crippen molar-refractivity contribution in [1.29, 1.82) is 0 Å². The highest BCUT2D eigenvalue weighted by atomic mass is 35.5. The second-order valence-corrected chi connectivity index (χ2v) is 9.77. The zero-order valence-corrected chi connectivity index (χ0v) is 23.2. The van der Waals surface area contributed by atoms with Crippen LogP contribution < -0.4 is 11.1 Å². The Morgan fingerprint density at radius 2 is 1.74 bits per heavy atom. The molecule has 0 radical (unpaired) electrons. The molecular formula is C25H45BClN3O5. The van der Waals surface area contributed by atoms with Crippen LogP contribution >= 0.6 is 11.6 Å². The molecular weight excluding hydrogens is 469 g/mol. The quantitative estimate of drug-likeness (QED) is 0.400. The van der Waals surface area contributed by atoms with Crippen LogP contribution in [0.4, 0.5) is 0 Å². The van der Waals surface area contributed by atoms with Crippen molar-refractivity contribution in [3.05, 3.63) is 23.8 Å². The summed E-state index contributed by atoms with van der Waals surface area (Å²) in [5.74, 6) is -0.208. The van der Waals surface area contributed by atoms with Gasteiger partial charge in [-0.15, -0.1) is 11.6 Å². The summed E-state index contributed by atoms with van der Waals surface area (Å²) in [7, 11) is -0.443. The molecule has 0 aromatic carbocycles. The molecule has 3 N–H and O–H groups in total. The number of hydrogen-bond acceptors (Lipinski definition) is 6. The van der Waals surface area contributed by atoms with Gasteiger partial charge in [0.2, 0.25) is 11.8 Å². The second-order valence-electron chi connectivity index (χ2n) is 9.77. The van der Waals surface area contributed by atoms with E-state index in [4.69, 9.17) is 19.8 Å². The Bertz CT molecular complexity index is 708. The molecule has 0 saturated carbocycles. The molecule has 3 rings (SSSR count). The van der Waals surface area contributed by atoms with Crippen LogP contribution in [0.5, 0.6) is 0 Å². The molecule has 8 nitrogen and oxygen atoms in total. The number of morpholine rings is 1. The number of nitrogens with zero attached hydrogens (tertiary/aromatic N) is 1. The minimum atomic E-state index is -0.443. The number of nitrogens with one attached hydrogen (secondary N) is 1. The van der Waals surface area contributed by atoms with Gasteiger partial charge in [-0.05, 0) is 59.8 Å². The molecule has 200 valence electrons. The Balaban J connectivity index is 0.000000464. The summed E-state index contributed by atoms with van der Waals surface area (Å²) in [6, 6.07) is 0. The van der Waals surface area contributed by atoms with Gasteiger partial charge in [-0.1, -0.05) is 23.8 Å². The van der Waals surface area contributed by atoms with E-state index < -0.39 is 18.3 Å². The van der Waals surface area contributed by atoms with Crippen LogP contribution in [-0.2, 0) is 23.6 Å². The lowest BCUT2D eigenvalue weighted by Gasteiger charge is -2.32. The van der Waals surface area contributed by atoms with E-state index in [9.17, 15) is 9.59 Å². The van der Waals surface area contributed by atoms with E-state index in [-0.39, 0.29) is 24.3 Å². The number of ether oxygens (including phenoxy) is 1. The molecule has 0 spiro atoms. The van der Waals surface area contributed by atoms with Gasteiger partial charge < -0.3 is 30.0 Å². The van der Waals surface area contributed by atoms with Gasteiger partial charge >= 0.3 is 7.12 Å². The van der Waals surface area contributed by atoms with Gasteiger partial charge in [0.05, 0.1) is 36.9 Å². The lowest BCUT2D eigenvalue weighted by Crippen LogP contribution is -2.49. The fourth-order valence-electron chi connectivity index (χ4n) is 3.85. The molecule has 2 heterocycles. The van der Waals surface area contributed by atoms with Crippen molar-refractivity contribution in [3.8, 4) is 0 Å². The van der Waals surface area contributed by atoms with E-state index in [1.54, 1.807) is 11.8 Å². The number of carbonyl (C=O) groups is 2. The Hall–Kier alpha value is -1.39. The fourth-order valence-corrected chi connectivity index (χ4v) is 3.85. The average molecular weight is 514 g/mol. The number of hydrogen-bond donors (Lipinski definition) is 2. The number of allylic oxidation sites excluding steroid dienone is 4. The molecule has 35 heavy (non-hydrogen) atoms. The highest BCUT2D eigenvalue weighted by Gasteiger charge is 2.53. The minimum Gasteiger partial charge on any atom is -0.402 e. The van der Waals surface area contributed by atoms with Crippen LogP contribution in [0.15, 0.2) is 23.8 Å². The Morgan fingerprint density at radius 1 is 1.14 bits per heavy atom. The topological polar surface area (TPSA) is 103 Å². The van der Waals surface area contributed by atoms with Crippen molar-refractivity contribution in [2.24, 2.45) is 5.73 Å². The first-order chi connectivity index (χ1) is 16.6. The predicted molar refractivity (Wildman–Crippen MR) is 142 cm³/mol.